The molecule has 0 aliphatic carbocycles. The number of nitrogens with zero attached hydrogens (tertiary/aromatic N) is 2. The Bertz CT molecular complexity index is 738. The lowest BCUT2D eigenvalue weighted by Gasteiger charge is -2.28. The second kappa shape index (κ2) is 6.73. The number of carbonyl (C=O) groups is 1. The molecule has 0 bridgehead atoms. The van der Waals surface area contributed by atoms with Crippen molar-refractivity contribution in [2.24, 2.45) is 0 Å². The largest absolute Gasteiger partial charge is 0.349 e. The second-order valence-electron chi connectivity index (χ2n) is 6.48. The standard InChI is InChI=1S/C18H23FN4O/c1-11-10-15(8-9-20-11)21-18(24)17-12(2)22-23(13(17)3)16-6-4-14(19)5-7-16/h4-7,11,15,20H,8-10H2,1-3H3,(H,21,24). The predicted octanol–water partition coefficient (Wildman–Crippen LogP) is 2.50. The molecule has 0 spiro atoms. The van der Waals surface area contributed by atoms with Crippen molar-refractivity contribution in [1.82, 2.24) is 20.4 Å². The zero-order valence-electron chi connectivity index (χ0n) is 14.3. The molecule has 5 nitrogen and oxygen atoms in total. The molecule has 1 fully saturated rings. The minimum Gasteiger partial charge on any atom is -0.349 e. The van der Waals surface area contributed by atoms with Gasteiger partial charge in [-0.2, -0.15) is 5.10 Å². The first-order chi connectivity index (χ1) is 11.5. The molecule has 24 heavy (non-hydrogen) atoms. The molecule has 2 heterocycles. The molecule has 128 valence electrons. The molecule has 3 rings (SSSR count). The van der Waals surface area contributed by atoms with Gasteiger partial charge in [0.05, 0.1) is 22.6 Å². The van der Waals surface area contributed by atoms with Crippen LogP contribution in [0.1, 0.15) is 41.5 Å². The first-order valence-corrected chi connectivity index (χ1v) is 8.32. The van der Waals surface area contributed by atoms with Gasteiger partial charge in [-0.05, 0) is 64.4 Å². The highest BCUT2D eigenvalue weighted by Gasteiger charge is 2.24. The number of amides is 1. The second-order valence-corrected chi connectivity index (χ2v) is 6.48. The third-order valence-electron chi connectivity index (χ3n) is 4.55. The Balaban J connectivity index is 1.83. The fourth-order valence-corrected chi connectivity index (χ4v) is 3.33. The van der Waals surface area contributed by atoms with E-state index in [9.17, 15) is 9.18 Å². The smallest absolute Gasteiger partial charge is 0.255 e. The van der Waals surface area contributed by atoms with E-state index in [1.807, 2.05) is 13.8 Å². The Morgan fingerprint density at radius 2 is 2.04 bits per heavy atom. The molecular weight excluding hydrogens is 307 g/mol. The average molecular weight is 330 g/mol. The number of benzene rings is 1. The summed E-state index contributed by atoms with van der Waals surface area (Å²) in [6, 6.07) is 6.69. The van der Waals surface area contributed by atoms with Crippen LogP contribution in [0.2, 0.25) is 0 Å². The van der Waals surface area contributed by atoms with E-state index >= 15 is 0 Å². The van der Waals surface area contributed by atoms with Crippen molar-refractivity contribution >= 4 is 5.91 Å². The Kier molecular flexibility index (Phi) is 4.66. The predicted molar refractivity (Wildman–Crippen MR) is 90.9 cm³/mol. The van der Waals surface area contributed by atoms with Gasteiger partial charge in [-0.25, -0.2) is 9.07 Å². The van der Waals surface area contributed by atoms with Gasteiger partial charge in [-0.3, -0.25) is 4.79 Å². The van der Waals surface area contributed by atoms with Crippen LogP contribution in [0.4, 0.5) is 4.39 Å². The van der Waals surface area contributed by atoms with E-state index in [0.29, 0.717) is 17.3 Å². The van der Waals surface area contributed by atoms with E-state index in [4.69, 9.17) is 0 Å². The average Bonchev–Trinajstić information content (AvgIpc) is 2.83. The summed E-state index contributed by atoms with van der Waals surface area (Å²) in [5.74, 6) is -0.379. The van der Waals surface area contributed by atoms with Crippen molar-refractivity contribution in [2.75, 3.05) is 6.54 Å². The minimum atomic E-state index is -0.293. The number of aromatic nitrogens is 2. The molecule has 1 aliphatic rings. The maximum absolute atomic E-state index is 13.1. The maximum Gasteiger partial charge on any atom is 0.255 e. The van der Waals surface area contributed by atoms with E-state index in [1.165, 1.54) is 12.1 Å². The van der Waals surface area contributed by atoms with Crippen molar-refractivity contribution in [2.45, 2.75) is 45.7 Å². The topological polar surface area (TPSA) is 59.0 Å². The van der Waals surface area contributed by atoms with Crippen LogP contribution in [0.15, 0.2) is 24.3 Å². The number of nitrogens with one attached hydrogen (secondary N) is 2. The van der Waals surface area contributed by atoms with E-state index < -0.39 is 0 Å². The van der Waals surface area contributed by atoms with E-state index in [2.05, 4.69) is 22.7 Å². The summed E-state index contributed by atoms with van der Waals surface area (Å²) in [5, 5.41) is 11.0. The molecule has 1 aliphatic heterocycles. The molecule has 1 saturated heterocycles. The highest BCUT2D eigenvalue weighted by atomic mass is 19.1. The monoisotopic (exact) mass is 330 g/mol. The van der Waals surface area contributed by atoms with Crippen LogP contribution in [0, 0.1) is 19.7 Å². The summed E-state index contributed by atoms with van der Waals surface area (Å²) in [5.41, 5.74) is 2.78. The van der Waals surface area contributed by atoms with Crippen LogP contribution in [0.5, 0.6) is 0 Å². The highest BCUT2D eigenvalue weighted by Crippen LogP contribution is 2.19. The molecule has 0 saturated carbocycles. The molecule has 2 N–H and O–H groups in total. The lowest BCUT2D eigenvalue weighted by molar-refractivity contribution is 0.0924. The van der Waals surface area contributed by atoms with E-state index in [-0.39, 0.29) is 17.8 Å². The van der Waals surface area contributed by atoms with Crippen LogP contribution in [0.3, 0.4) is 0 Å². The summed E-state index contributed by atoms with van der Waals surface area (Å²) in [4.78, 5) is 12.7. The number of piperidine rings is 1. The summed E-state index contributed by atoms with van der Waals surface area (Å²) < 4.78 is 14.8. The van der Waals surface area contributed by atoms with Crippen molar-refractivity contribution in [3.63, 3.8) is 0 Å². The molecule has 2 aromatic rings. The molecule has 1 aromatic carbocycles. The van der Waals surface area contributed by atoms with Crippen molar-refractivity contribution in [3.05, 3.63) is 47.0 Å². The van der Waals surface area contributed by atoms with Gasteiger partial charge in [0, 0.05) is 12.1 Å². The summed E-state index contributed by atoms with van der Waals surface area (Å²) in [6.07, 6.45) is 1.86. The quantitative estimate of drug-likeness (QED) is 0.909. The van der Waals surface area contributed by atoms with Crippen LogP contribution < -0.4 is 10.6 Å². The van der Waals surface area contributed by atoms with Crippen LogP contribution in [-0.4, -0.2) is 34.3 Å². The third-order valence-corrected chi connectivity index (χ3v) is 4.55. The van der Waals surface area contributed by atoms with Gasteiger partial charge in [0.1, 0.15) is 5.82 Å². The molecule has 6 heteroatoms. The number of carbonyl (C=O) groups excluding carboxylic acids is 1. The highest BCUT2D eigenvalue weighted by molar-refractivity contribution is 5.96. The molecule has 1 amide bonds. The zero-order valence-corrected chi connectivity index (χ0v) is 14.3. The molecule has 0 radical (unpaired) electrons. The lowest BCUT2D eigenvalue weighted by Crippen LogP contribution is -2.46. The maximum atomic E-state index is 13.1. The minimum absolute atomic E-state index is 0.0857. The van der Waals surface area contributed by atoms with Crippen LogP contribution >= 0.6 is 0 Å². The normalized spacial score (nSPS) is 20.8. The van der Waals surface area contributed by atoms with Crippen molar-refractivity contribution in [1.29, 1.82) is 0 Å². The van der Waals surface area contributed by atoms with Gasteiger partial charge < -0.3 is 10.6 Å². The van der Waals surface area contributed by atoms with Crippen LogP contribution in [0.25, 0.3) is 5.69 Å². The summed E-state index contributed by atoms with van der Waals surface area (Å²) >= 11 is 0. The fourth-order valence-electron chi connectivity index (χ4n) is 3.33. The van der Waals surface area contributed by atoms with Crippen molar-refractivity contribution in [3.8, 4) is 5.69 Å². The van der Waals surface area contributed by atoms with Gasteiger partial charge in [-0.1, -0.05) is 0 Å². The molecule has 2 unspecified atom stereocenters. The first-order valence-electron chi connectivity index (χ1n) is 8.32. The lowest BCUT2D eigenvalue weighted by atomic mass is 10.00. The number of rotatable bonds is 3. The number of hydrogen-bond donors (Lipinski definition) is 2. The SMILES string of the molecule is Cc1nn(-c2ccc(F)cc2)c(C)c1C(=O)NC1CCNC(C)C1. The first kappa shape index (κ1) is 16.6. The van der Waals surface area contributed by atoms with Crippen LogP contribution in [-0.2, 0) is 0 Å². The Morgan fingerprint density at radius 3 is 2.71 bits per heavy atom. The zero-order chi connectivity index (χ0) is 17.3. The summed E-state index contributed by atoms with van der Waals surface area (Å²) in [7, 11) is 0. The summed E-state index contributed by atoms with van der Waals surface area (Å²) in [6.45, 7) is 6.73. The van der Waals surface area contributed by atoms with Crippen molar-refractivity contribution < 1.29 is 9.18 Å². The molecule has 1 aromatic heterocycles. The van der Waals surface area contributed by atoms with Gasteiger partial charge in [0.2, 0.25) is 0 Å². The number of halogens is 1. The Morgan fingerprint density at radius 1 is 1.33 bits per heavy atom. The van der Waals surface area contributed by atoms with E-state index in [0.717, 1.165) is 30.8 Å². The fraction of sp³-hybridized carbons (Fsp3) is 0.444. The Labute approximate surface area is 141 Å². The molecule has 2 atom stereocenters. The number of hydrogen-bond acceptors (Lipinski definition) is 3. The molecular formula is C18H23FN4O. The van der Waals surface area contributed by atoms with Gasteiger partial charge >= 0.3 is 0 Å². The van der Waals surface area contributed by atoms with E-state index in [1.54, 1.807) is 16.8 Å². The van der Waals surface area contributed by atoms with Gasteiger partial charge in [0.15, 0.2) is 0 Å². The Hall–Kier alpha value is -2.21. The third kappa shape index (κ3) is 3.33. The van der Waals surface area contributed by atoms with Gasteiger partial charge in [0.25, 0.3) is 5.91 Å². The van der Waals surface area contributed by atoms with Gasteiger partial charge in [-0.15, -0.1) is 0 Å². The number of aryl methyl sites for hydroxylation is 1.